The molecule has 0 bridgehead atoms. The number of nitrogens with one attached hydrogen (secondary N) is 1. The van der Waals surface area contributed by atoms with E-state index in [0.29, 0.717) is 10.7 Å². The Labute approximate surface area is 92.6 Å². The predicted molar refractivity (Wildman–Crippen MR) is 62.3 cm³/mol. The highest BCUT2D eigenvalue weighted by Crippen LogP contribution is 2.28. The molecule has 3 nitrogen and oxygen atoms in total. The maximum Gasteiger partial charge on any atom is 0.0924 e. The molecule has 1 aromatic heterocycles. The summed E-state index contributed by atoms with van der Waals surface area (Å²) in [6.07, 6.45) is 3.32. The van der Waals surface area contributed by atoms with Gasteiger partial charge in [0.1, 0.15) is 0 Å². The zero-order valence-corrected chi connectivity index (χ0v) is 8.75. The van der Waals surface area contributed by atoms with Gasteiger partial charge < -0.3 is 10.7 Å². The number of nitrogens with zero attached hydrogens (tertiary/aromatic N) is 1. The number of hydrogen-bond acceptors (Lipinski definition) is 2. The van der Waals surface area contributed by atoms with Crippen LogP contribution < -0.4 is 5.73 Å². The molecule has 76 valence electrons. The van der Waals surface area contributed by atoms with Crippen molar-refractivity contribution >= 4 is 17.3 Å². The van der Waals surface area contributed by atoms with Crippen molar-refractivity contribution in [1.29, 1.82) is 0 Å². The largest absolute Gasteiger partial charge is 0.399 e. The second kappa shape index (κ2) is 3.79. The summed E-state index contributed by atoms with van der Waals surface area (Å²) in [6.45, 7) is 3.69. The number of aromatic nitrogens is 2. The van der Waals surface area contributed by atoms with Crippen molar-refractivity contribution < 1.29 is 0 Å². The molecule has 0 unspecified atom stereocenters. The van der Waals surface area contributed by atoms with E-state index in [4.69, 9.17) is 17.3 Å². The summed E-state index contributed by atoms with van der Waals surface area (Å²) in [7, 11) is 0. The summed E-state index contributed by atoms with van der Waals surface area (Å²) in [4.78, 5) is 6.94. The molecule has 1 heterocycles. The lowest BCUT2D eigenvalue weighted by molar-refractivity contribution is 1.31. The van der Waals surface area contributed by atoms with E-state index in [1.54, 1.807) is 18.6 Å². The Morgan fingerprint density at radius 3 is 2.87 bits per heavy atom. The van der Waals surface area contributed by atoms with Gasteiger partial charge in [-0.25, -0.2) is 4.98 Å². The minimum absolute atomic E-state index is 0.521. The van der Waals surface area contributed by atoms with Gasteiger partial charge in [0.25, 0.3) is 0 Å². The molecule has 15 heavy (non-hydrogen) atoms. The fourth-order valence-corrected chi connectivity index (χ4v) is 1.55. The molecule has 0 aliphatic rings. The van der Waals surface area contributed by atoms with Crippen LogP contribution in [0.3, 0.4) is 0 Å². The average Bonchev–Trinajstić information content (AvgIpc) is 2.71. The van der Waals surface area contributed by atoms with Gasteiger partial charge in [0.15, 0.2) is 0 Å². The Hall–Kier alpha value is -1.74. The second-order valence-electron chi connectivity index (χ2n) is 3.19. The lowest BCUT2D eigenvalue weighted by atomic mass is 10.1. The second-order valence-corrected chi connectivity index (χ2v) is 3.59. The molecule has 0 atom stereocenters. The third-order valence-corrected chi connectivity index (χ3v) is 2.46. The highest BCUT2D eigenvalue weighted by molar-refractivity contribution is 6.33. The van der Waals surface area contributed by atoms with Crippen LogP contribution in [0.5, 0.6) is 0 Å². The third-order valence-electron chi connectivity index (χ3n) is 2.13. The Kier molecular flexibility index (Phi) is 2.47. The molecule has 0 saturated carbocycles. The molecule has 3 N–H and O–H groups in total. The molecule has 0 amide bonds. The van der Waals surface area contributed by atoms with Gasteiger partial charge in [0.2, 0.25) is 0 Å². The summed E-state index contributed by atoms with van der Waals surface area (Å²) < 4.78 is 0. The minimum atomic E-state index is 0.521. The molecule has 2 rings (SSSR count). The Morgan fingerprint density at radius 2 is 2.27 bits per heavy atom. The number of H-pyrrole nitrogens is 1. The fourth-order valence-electron chi connectivity index (χ4n) is 1.33. The minimum Gasteiger partial charge on any atom is -0.399 e. The number of aromatic amines is 1. The number of hydrogen-bond donors (Lipinski definition) is 2. The lowest BCUT2D eigenvalue weighted by Crippen LogP contribution is -1.94. The quantitative estimate of drug-likeness (QED) is 0.816. The molecule has 0 aliphatic heterocycles. The molecular formula is C11H10ClN3. The van der Waals surface area contributed by atoms with Crippen molar-refractivity contribution in [2.45, 2.75) is 0 Å². The lowest BCUT2D eigenvalue weighted by Gasteiger charge is -2.05. The maximum atomic E-state index is 6.07. The fraction of sp³-hybridized carbons (Fsp3) is 0. The maximum absolute atomic E-state index is 6.07. The van der Waals surface area contributed by atoms with Crippen LogP contribution in [-0.4, -0.2) is 9.97 Å². The smallest absolute Gasteiger partial charge is 0.0924 e. The summed E-state index contributed by atoms with van der Waals surface area (Å²) in [5.41, 5.74) is 8.75. The molecule has 0 radical (unpaired) electrons. The van der Waals surface area contributed by atoms with Crippen molar-refractivity contribution in [3.8, 4) is 11.3 Å². The molecule has 0 aliphatic carbocycles. The molecule has 2 aromatic rings. The van der Waals surface area contributed by atoms with Crippen molar-refractivity contribution in [2.24, 2.45) is 5.73 Å². The number of imidazole rings is 1. The number of rotatable bonds is 2. The van der Waals surface area contributed by atoms with Gasteiger partial charge in [-0.05, 0) is 17.7 Å². The molecular weight excluding hydrogens is 210 g/mol. The highest BCUT2D eigenvalue weighted by Gasteiger charge is 2.06. The van der Waals surface area contributed by atoms with E-state index < -0.39 is 0 Å². The zero-order valence-electron chi connectivity index (χ0n) is 8.00. The van der Waals surface area contributed by atoms with Crippen molar-refractivity contribution in [3.63, 3.8) is 0 Å². The normalized spacial score (nSPS) is 10.2. The van der Waals surface area contributed by atoms with Crippen molar-refractivity contribution in [1.82, 2.24) is 9.97 Å². The summed E-state index contributed by atoms with van der Waals surface area (Å²) in [5, 5.41) is 0.657. The standard InChI is InChI=1S/C11H10ClN3/c1-7(13)8-2-3-10(12)9(4-8)11-5-14-6-15-11/h2-6H,1,13H2,(H,14,15). The number of benzene rings is 1. The Balaban J connectivity index is 2.55. The highest BCUT2D eigenvalue weighted by atomic mass is 35.5. The van der Waals surface area contributed by atoms with Crippen LogP contribution in [0.15, 0.2) is 37.3 Å². The topological polar surface area (TPSA) is 54.7 Å². The van der Waals surface area contributed by atoms with Crippen LogP contribution >= 0.6 is 11.6 Å². The first kappa shape index (κ1) is 9.80. The monoisotopic (exact) mass is 219 g/mol. The van der Waals surface area contributed by atoms with Gasteiger partial charge in [0.05, 0.1) is 18.2 Å². The van der Waals surface area contributed by atoms with Gasteiger partial charge >= 0.3 is 0 Å². The number of nitrogens with two attached hydrogens (primary N) is 1. The van der Waals surface area contributed by atoms with E-state index in [-0.39, 0.29) is 0 Å². The SMILES string of the molecule is C=C(N)c1ccc(Cl)c(-c2cnc[nH]2)c1. The van der Waals surface area contributed by atoms with Crippen molar-refractivity contribution in [3.05, 3.63) is 47.9 Å². The third kappa shape index (κ3) is 1.87. The number of halogens is 1. The summed E-state index contributed by atoms with van der Waals surface area (Å²) in [6, 6.07) is 5.52. The predicted octanol–water partition coefficient (Wildman–Crippen LogP) is 2.66. The van der Waals surface area contributed by atoms with Gasteiger partial charge in [0, 0.05) is 16.3 Å². The van der Waals surface area contributed by atoms with Crippen LogP contribution in [0.4, 0.5) is 0 Å². The van der Waals surface area contributed by atoms with Gasteiger partial charge in [-0.3, -0.25) is 0 Å². The van der Waals surface area contributed by atoms with Crippen LogP contribution in [0, 0.1) is 0 Å². The van der Waals surface area contributed by atoms with Gasteiger partial charge in [-0.2, -0.15) is 0 Å². The van der Waals surface area contributed by atoms with Crippen LogP contribution in [0.25, 0.3) is 17.0 Å². The van der Waals surface area contributed by atoms with Crippen LogP contribution in [-0.2, 0) is 0 Å². The van der Waals surface area contributed by atoms with E-state index >= 15 is 0 Å². The average molecular weight is 220 g/mol. The first-order valence-electron chi connectivity index (χ1n) is 4.41. The molecule has 0 fully saturated rings. The molecule has 1 aromatic carbocycles. The molecule has 0 spiro atoms. The molecule has 0 saturated heterocycles. The van der Waals surface area contributed by atoms with E-state index in [9.17, 15) is 0 Å². The van der Waals surface area contributed by atoms with E-state index in [2.05, 4.69) is 16.5 Å². The van der Waals surface area contributed by atoms with Crippen molar-refractivity contribution in [2.75, 3.05) is 0 Å². The Morgan fingerprint density at radius 1 is 1.47 bits per heavy atom. The van der Waals surface area contributed by atoms with Gasteiger partial charge in [-0.1, -0.05) is 24.2 Å². The first-order valence-corrected chi connectivity index (χ1v) is 4.79. The summed E-state index contributed by atoms with van der Waals surface area (Å²) >= 11 is 6.07. The summed E-state index contributed by atoms with van der Waals surface area (Å²) in [5.74, 6) is 0. The molecule has 4 heteroatoms. The van der Waals surface area contributed by atoms with E-state index in [1.165, 1.54) is 0 Å². The van der Waals surface area contributed by atoms with E-state index in [1.807, 2.05) is 12.1 Å². The van der Waals surface area contributed by atoms with Gasteiger partial charge in [-0.15, -0.1) is 0 Å². The van der Waals surface area contributed by atoms with Crippen LogP contribution in [0.1, 0.15) is 5.56 Å². The van der Waals surface area contributed by atoms with Crippen LogP contribution in [0.2, 0.25) is 5.02 Å². The van der Waals surface area contributed by atoms with E-state index in [0.717, 1.165) is 16.8 Å². The Bertz CT molecular complexity index is 489. The first-order chi connectivity index (χ1) is 7.18. The zero-order chi connectivity index (χ0) is 10.8.